The van der Waals surface area contributed by atoms with Crippen molar-refractivity contribution in [2.75, 3.05) is 19.0 Å². The van der Waals surface area contributed by atoms with E-state index in [-0.39, 0.29) is 18.1 Å². The molecule has 2 amide bonds. The van der Waals surface area contributed by atoms with Crippen LogP contribution in [0.15, 0.2) is 42.5 Å². The monoisotopic (exact) mass is 306 g/mol. The van der Waals surface area contributed by atoms with Gasteiger partial charge < -0.3 is 15.4 Å². The molecular weight excluding hydrogens is 290 g/mol. The lowest BCUT2D eigenvalue weighted by molar-refractivity contribution is 0.252. The van der Waals surface area contributed by atoms with Crippen LogP contribution in [0.25, 0.3) is 0 Å². The number of ether oxygens (including phenoxy) is 1. The molecule has 0 heterocycles. The number of rotatable bonds is 5. The Morgan fingerprint density at radius 3 is 2.59 bits per heavy atom. The SMILES string of the molecule is COc1ccc(NC(=O)NCCc2ccccc2F)cc1F. The second-order valence-electron chi connectivity index (χ2n) is 4.57. The smallest absolute Gasteiger partial charge is 0.319 e. The number of benzene rings is 2. The van der Waals surface area contributed by atoms with Gasteiger partial charge in [0.15, 0.2) is 11.6 Å². The molecule has 2 N–H and O–H groups in total. The molecule has 0 unspecified atom stereocenters. The zero-order valence-corrected chi connectivity index (χ0v) is 12.0. The normalized spacial score (nSPS) is 10.1. The van der Waals surface area contributed by atoms with Crippen LogP contribution < -0.4 is 15.4 Å². The van der Waals surface area contributed by atoms with Crippen molar-refractivity contribution >= 4 is 11.7 Å². The van der Waals surface area contributed by atoms with Gasteiger partial charge in [0, 0.05) is 18.3 Å². The van der Waals surface area contributed by atoms with E-state index in [1.54, 1.807) is 18.2 Å². The molecule has 0 aliphatic rings. The van der Waals surface area contributed by atoms with Crippen LogP contribution in [0.5, 0.6) is 5.75 Å². The van der Waals surface area contributed by atoms with Crippen LogP contribution in [0, 0.1) is 11.6 Å². The summed E-state index contributed by atoms with van der Waals surface area (Å²) >= 11 is 0. The summed E-state index contributed by atoms with van der Waals surface area (Å²) in [6.45, 7) is 0.269. The number of amides is 2. The molecule has 0 aliphatic heterocycles. The van der Waals surface area contributed by atoms with Crippen molar-refractivity contribution in [1.82, 2.24) is 5.32 Å². The van der Waals surface area contributed by atoms with Crippen LogP contribution in [-0.4, -0.2) is 19.7 Å². The van der Waals surface area contributed by atoms with Crippen molar-refractivity contribution in [1.29, 1.82) is 0 Å². The average molecular weight is 306 g/mol. The highest BCUT2D eigenvalue weighted by molar-refractivity contribution is 5.89. The molecule has 22 heavy (non-hydrogen) atoms. The molecule has 0 aliphatic carbocycles. The highest BCUT2D eigenvalue weighted by atomic mass is 19.1. The van der Waals surface area contributed by atoms with Crippen molar-refractivity contribution < 1.29 is 18.3 Å². The van der Waals surface area contributed by atoms with Gasteiger partial charge in [0.2, 0.25) is 0 Å². The van der Waals surface area contributed by atoms with Gasteiger partial charge in [0.25, 0.3) is 0 Å². The lowest BCUT2D eigenvalue weighted by Crippen LogP contribution is -2.30. The van der Waals surface area contributed by atoms with Gasteiger partial charge >= 0.3 is 6.03 Å². The maximum Gasteiger partial charge on any atom is 0.319 e. The van der Waals surface area contributed by atoms with E-state index in [0.29, 0.717) is 17.7 Å². The Hall–Kier alpha value is -2.63. The minimum Gasteiger partial charge on any atom is -0.494 e. The van der Waals surface area contributed by atoms with Crippen molar-refractivity contribution in [2.24, 2.45) is 0 Å². The van der Waals surface area contributed by atoms with Crippen molar-refractivity contribution in [2.45, 2.75) is 6.42 Å². The summed E-state index contributed by atoms with van der Waals surface area (Å²) in [6, 6.07) is 10.00. The summed E-state index contributed by atoms with van der Waals surface area (Å²) in [7, 11) is 1.36. The molecule has 0 saturated carbocycles. The summed E-state index contributed by atoms with van der Waals surface area (Å²) in [6.07, 6.45) is 0.372. The molecule has 2 aromatic rings. The van der Waals surface area contributed by atoms with Crippen LogP contribution in [0.2, 0.25) is 0 Å². The Labute approximate surface area is 127 Å². The zero-order valence-electron chi connectivity index (χ0n) is 12.0. The molecule has 0 radical (unpaired) electrons. The number of methoxy groups -OCH3 is 1. The number of carbonyl (C=O) groups excluding carboxylic acids is 1. The fraction of sp³-hybridized carbons (Fsp3) is 0.188. The van der Waals surface area contributed by atoms with Gasteiger partial charge in [-0.1, -0.05) is 18.2 Å². The molecule has 0 bridgehead atoms. The van der Waals surface area contributed by atoms with Gasteiger partial charge in [0.05, 0.1) is 7.11 Å². The lowest BCUT2D eigenvalue weighted by atomic mass is 10.1. The summed E-state index contributed by atoms with van der Waals surface area (Å²) in [4.78, 5) is 11.7. The number of carbonyl (C=O) groups is 1. The van der Waals surface area contributed by atoms with Crippen molar-refractivity contribution in [3.63, 3.8) is 0 Å². The molecule has 0 fully saturated rings. The molecule has 116 valence electrons. The fourth-order valence-electron chi connectivity index (χ4n) is 1.93. The first-order chi connectivity index (χ1) is 10.6. The Kier molecular flexibility index (Phi) is 5.30. The predicted octanol–water partition coefficient (Wildman–Crippen LogP) is 3.34. The first kappa shape index (κ1) is 15.8. The predicted molar refractivity (Wildman–Crippen MR) is 80.1 cm³/mol. The molecule has 4 nitrogen and oxygen atoms in total. The fourth-order valence-corrected chi connectivity index (χ4v) is 1.93. The van der Waals surface area contributed by atoms with Gasteiger partial charge in [-0.3, -0.25) is 0 Å². The van der Waals surface area contributed by atoms with Gasteiger partial charge in [-0.2, -0.15) is 0 Å². The molecule has 0 spiro atoms. The third-order valence-electron chi connectivity index (χ3n) is 3.05. The van der Waals surface area contributed by atoms with E-state index in [1.165, 1.54) is 25.3 Å². The summed E-state index contributed by atoms with van der Waals surface area (Å²) in [5.74, 6) is -0.765. The van der Waals surface area contributed by atoms with Crippen LogP contribution in [-0.2, 0) is 6.42 Å². The maximum absolute atomic E-state index is 13.5. The third-order valence-corrected chi connectivity index (χ3v) is 3.05. The highest BCUT2D eigenvalue weighted by Crippen LogP contribution is 2.20. The van der Waals surface area contributed by atoms with Gasteiger partial charge in [-0.05, 0) is 30.2 Å². The largest absolute Gasteiger partial charge is 0.494 e. The van der Waals surface area contributed by atoms with E-state index in [1.807, 2.05) is 0 Å². The molecule has 6 heteroatoms. The van der Waals surface area contributed by atoms with Crippen LogP contribution in [0.1, 0.15) is 5.56 Å². The van der Waals surface area contributed by atoms with E-state index < -0.39 is 11.8 Å². The quantitative estimate of drug-likeness (QED) is 0.890. The van der Waals surface area contributed by atoms with E-state index in [0.717, 1.165) is 6.07 Å². The lowest BCUT2D eigenvalue weighted by Gasteiger charge is -2.09. The minimum absolute atomic E-state index is 0.102. The maximum atomic E-state index is 13.5. The molecule has 2 aromatic carbocycles. The number of hydrogen-bond donors (Lipinski definition) is 2. The Bertz CT molecular complexity index is 662. The molecule has 0 aromatic heterocycles. The molecule has 0 atom stereocenters. The first-order valence-corrected chi connectivity index (χ1v) is 6.72. The van der Waals surface area contributed by atoms with E-state index in [2.05, 4.69) is 10.6 Å². The van der Waals surface area contributed by atoms with E-state index in [4.69, 9.17) is 4.74 Å². The topological polar surface area (TPSA) is 50.4 Å². The van der Waals surface area contributed by atoms with Crippen LogP contribution in [0.4, 0.5) is 19.3 Å². The second-order valence-corrected chi connectivity index (χ2v) is 4.57. The van der Waals surface area contributed by atoms with E-state index in [9.17, 15) is 13.6 Å². The second kappa shape index (κ2) is 7.40. The summed E-state index contributed by atoms with van der Waals surface area (Å²) in [5.41, 5.74) is 0.833. The van der Waals surface area contributed by atoms with Crippen LogP contribution >= 0.6 is 0 Å². The number of anilines is 1. The minimum atomic E-state index is -0.563. The van der Waals surface area contributed by atoms with Crippen molar-refractivity contribution in [3.05, 3.63) is 59.7 Å². The molecule has 2 rings (SSSR count). The highest BCUT2D eigenvalue weighted by Gasteiger charge is 2.07. The first-order valence-electron chi connectivity index (χ1n) is 6.72. The molecule has 0 saturated heterocycles. The number of hydrogen-bond acceptors (Lipinski definition) is 2. The average Bonchev–Trinajstić information content (AvgIpc) is 2.49. The van der Waals surface area contributed by atoms with Gasteiger partial charge in [-0.25, -0.2) is 13.6 Å². The third kappa shape index (κ3) is 4.18. The van der Waals surface area contributed by atoms with E-state index >= 15 is 0 Å². The summed E-state index contributed by atoms with van der Waals surface area (Å²) in [5, 5.41) is 5.08. The van der Waals surface area contributed by atoms with Gasteiger partial charge in [0.1, 0.15) is 5.82 Å². The van der Waals surface area contributed by atoms with Gasteiger partial charge in [-0.15, -0.1) is 0 Å². The standard InChI is InChI=1S/C16H16F2N2O2/c1-22-15-7-6-12(10-14(15)18)20-16(21)19-9-8-11-4-2-3-5-13(11)17/h2-7,10H,8-9H2,1H3,(H2,19,20,21). The number of urea groups is 1. The Morgan fingerprint density at radius 2 is 1.91 bits per heavy atom. The zero-order chi connectivity index (χ0) is 15.9. The van der Waals surface area contributed by atoms with Crippen LogP contribution in [0.3, 0.4) is 0 Å². The Morgan fingerprint density at radius 1 is 1.14 bits per heavy atom. The Balaban J connectivity index is 1.83. The summed E-state index contributed by atoms with van der Waals surface area (Å²) < 4.78 is 31.7. The molecular formula is C16H16F2N2O2. The number of halogens is 2. The van der Waals surface area contributed by atoms with Crippen molar-refractivity contribution in [3.8, 4) is 5.75 Å². The number of nitrogens with one attached hydrogen (secondary N) is 2.